The van der Waals surface area contributed by atoms with Crippen LogP contribution in [0.25, 0.3) is 0 Å². The lowest BCUT2D eigenvalue weighted by molar-refractivity contribution is -0.135. The van der Waals surface area contributed by atoms with E-state index in [4.69, 9.17) is 5.73 Å². The van der Waals surface area contributed by atoms with Gasteiger partial charge in [0.2, 0.25) is 11.8 Å². The number of nitrogens with zero attached hydrogens (tertiary/aromatic N) is 3. The summed E-state index contributed by atoms with van der Waals surface area (Å²) in [6, 6.07) is -0.398. The third-order valence-corrected chi connectivity index (χ3v) is 3.58. The smallest absolute Gasteiger partial charge is 0.239 e. The molecule has 6 heteroatoms. The second-order valence-electron chi connectivity index (χ2n) is 6.13. The summed E-state index contributed by atoms with van der Waals surface area (Å²) in [6.45, 7) is 7.35. The zero-order chi connectivity index (χ0) is 15.3. The van der Waals surface area contributed by atoms with Crippen LogP contribution in [-0.4, -0.2) is 79.4 Å². The summed E-state index contributed by atoms with van der Waals surface area (Å²) < 4.78 is 0. The lowest BCUT2D eigenvalue weighted by Crippen LogP contribution is -2.54. The molecule has 1 rings (SSSR count). The van der Waals surface area contributed by atoms with E-state index in [2.05, 4.69) is 18.7 Å². The van der Waals surface area contributed by atoms with Crippen LogP contribution in [0.15, 0.2) is 0 Å². The van der Waals surface area contributed by atoms with Crippen molar-refractivity contribution in [2.75, 3.05) is 46.8 Å². The number of carbonyl (C=O) groups is 2. The number of hydrogen-bond acceptors (Lipinski definition) is 4. The average Bonchev–Trinajstić information content (AvgIpc) is 2.37. The average molecular weight is 284 g/mol. The molecule has 0 saturated carbocycles. The van der Waals surface area contributed by atoms with E-state index in [1.807, 2.05) is 4.90 Å². The van der Waals surface area contributed by atoms with Gasteiger partial charge in [-0.2, -0.15) is 0 Å². The molecule has 116 valence electrons. The number of carbonyl (C=O) groups excluding carboxylic acids is 2. The van der Waals surface area contributed by atoms with Crippen molar-refractivity contribution in [2.24, 2.45) is 11.7 Å². The quantitative estimate of drug-likeness (QED) is 0.745. The lowest BCUT2D eigenvalue weighted by atomic mass is 10.0. The fourth-order valence-electron chi connectivity index (χ4n) is 2.30. The zero-order valence-corrected chi connectivity index (χ0v) is 13.1. The molecule has 0 aliphatic carbocycles. The molecular weight excluding hydrogens is 256 g/mol. The minimum Gasteiger partial charge on any atom is -0.348 e. The van der Waals surface area contributed by atoms with Crippen LogP contribution < -0.4 is 5.73 Å². The second kappa shape index (κ2) is 7.59. The molecule has 1 atom stereocenters. The summed E-state index contributed by atoms with van der Waals surface area (Å²) in [7, 11) is 3.51. The van der Waals surface area contributed by atoms with Crippen molar-refractivity contribution in [1.29, 1.82) is 0 Å². The highest BCUT2D eigenvalue weighted by atomic mass is 16.2. The van der Waals surface area contributed by atoms with Gasteiger partial charge in [-0.15, -0.1) is 0 Å². The van der Waals surface area contributed by atoms with Crippen molar-refractivity contribution >= 4 is 11.8 Å². The van der Waals surface area contributed by atoms with Gasteiger partial charge in [0.15, 0.2) is 0 Å². The minimum absolute atomic E-state index is 0.0392. The molecule has 20 heavy (non-hydrogen) atoms. The van der Waals surface area contributed by atoms with Gasteiger partial charge in [-0.3, -0.25) is 14.5 Å². The fourth-order valence-corrected chi connectivity index (χ4v) is 2.30. The molecule has 1 saturated heterocycles. The van der Waals surface area contributed by atoms with Crippen molar-refractivity contribution in [3.8, 4) is 0 Å². The van der Waals surface area contributed by atoms with E-state index in [9.17, 15) is 9.59 Å². The molecule has 0 bridgehead atoms. The van der Waals surface area contributed by atoms with Crippen molar-refractivity contribution in [3.63, 3.8) is 0 Å². The Balaban J connectivity index is 2.38. The van der Waals surface area contributed by atoms with Crippen LogP contribution >= 0.6 is 0 Å². The molecule has 6 nitrogen and oxygen atoms in total. The van der Waals surface area contributed by atoms with Crippen LogP contribution in [0.1, 0.15) is 20.3 Å². The Morgan fingerprint density at radius 1 is 1.15 bits per heavy atom. The Hall–Kier alpha value is -1.14. The van der Waals surface area contributed by atoms with E-state index < -0.39 is 6.04 Å². The van der Waals surface area contributed by atoms with Gasteiger partial charge >= 0.3 is 0 Å². The molecule has 1 fully saturated rings. The van der Waals surface area contributed by atoms with Gasteiger partial charge in [-0.25, -0.2) is 0 Å². The molecule has 0 unspecified atom stereocenters. The molecule has 1 heterocycles. The number of piperazine rings is 1. The first-order valence-corrected chi connectivity index (χ1v) is 7.28. The van der Waals surface area contributed by atoms with Crippen molar-refractivity contribution < 1.29 is 9.59 Å². The Morgan fingerprint density at radius 3 is 2.15 bits per heavy atom. The van der Waals surface area contributed by atoms with Crippen LogP contribution in [0, 0.1) is 5.92 Å². The molecular formula is C14H28N4O2. The van der Waals surface area contributed by atoms with Crippen LogP contribution in [0.4, 0.5) is 0 Å². The molecule has 2 amide bonds. The largest absolute Gasteiger partial charge is 0.348 e. The first kappa shape index (κ1) is 16.9. The van der Waals surface area contributed by atoms with E-state index in [0.29, 0.717) is 25.6 Å². The highest BCUT2D eigenvalue weighted by Crippen LogP contribution is 2.08. The maximum absolute atomic E-state index is 12.2. The molecule has 0 aromatic rings. The van der Waals surface area contributed by atoms with Crippen molar-refractivity contribution in [1.82, 2.24) is 14.7 Å². The van der Waals surface area contributed by atoms with Crippen LogP contribution in [0.2, 0.25) is 0 Å². The molecule has 0 radical (unpaired) electrons. The van der Waals surface area contributed by atoms with Gasteiger partial charge in [0.05, 0.1) is 12.6 Å². The van der Waals surface area contributed by atoms with Gasteiger partial charge in [0, 0.05) is 40.3 Å². The third kappa shape index (κ3) is 5.09. The van der Waals surface area contributed by atoms with Crippen LogP contribution in [0.3, 0.4) is 0 Å². The standard InChI is InChI=1S/C14H28N4O2/c1-11(2)9-12(15)14(20)18-7-5-17(6-8-18)10-13(19)16(3)4/h11-12H,5-10,15H2,1-4H3/t12-/m0/s1. The first-order valence-electron chi connectivity index (χ1n) is 7.28. The Morgan fingerprint density at radius 2 is 1.70 bits per heavy atom. The number of nitrogens with two attached hydrogens (primary N) is 1. The van der Waals surface area contributed by atoms with Gasteiger partial charge in [0.25, 0.3) is 0 Å². The number of likely N-dealkylation sites (N-methyl/N-ethyl adjacent to an activating group) is 1. The molecule has 0 spiro atoms. The predicted molar refractivity (Wildman–Crippen MR) is 79.1 cm³/mol. The predicted octanol–water partition coefficient (Wildman–Crippen LogP) is -0.408. The first-order chi connectivity index (χ1) is 9.31. The third-order valence-electron chi connectivity index (χ3n) is 3.58. The highest BCUT2D eigenvalue weighted by molar-refractivity contribution is 5.82. The molecule has 2 N–H and O–H groups in total. The zero-order valence-electron chi connectivity index (χ0n) is 13.1. The minimum atomic E-state index is -0.398. The monoisotopic (exact) mass is 284 g/mol. The maximum atomic E-state index is 12.2. The van der Waals surface area contributed by atoms with E-state index >= 15 is 0 Å². The second-order valence-corrected chi connectivity index (χ2v) is 6.13. The SMILES string of the molecule is CC(C)C[C@H](N)C(=O)N1CCN(CC(=O)N(C)C)CC1. The Bertz CT molecular complexity index is 336. The molecule has 1 aliphatic rings. The summed E-state index contributed by atoms with van der Waals surface area (Å²) in [5.41, 5.74) is 5.94. The topological polar surface area (TPSA) is 69.9 Å². The van der Waals surface area contributed by atoms with E-state index in [1.165, 1.54) is 0 Å². The fraction of sp³-hybridized carbons (Fsp3) is 0.857. The molecule has 0 aromatic heterocycles. The normalized spacial score (nSPS) is 18.2. The summed E-state index contributed by atoms with van der Waals surface area (Å²) in [5.74, 6) is 0.562. The van der Waals surface area contributed by atoms with Crippen molar-refractivity contribution in [2.45, 2.75) is 26.3 Å². The van der Waals surface area contributed by atoms with E-state index in [1.54, 1.807) is 19.0 Å². The number of rotatable bonds is 5. The number of hydrogen-bond donors (Lipinski definition) is 1. The molecule has 1 aliphatic heterocycles. The lowest BCUT2D eigenvalue weighted by Gasteiger charge is -2.36. The van der Waals surface area contributed by atoms with Gasteiger partial charge in [0.1, 0.15) is 0 Å². The van der Waals surface area contributed by atoms with Gasteiger partial charge in [-0.05, 0) is 12.3 Å². The van der Waals surface area contributed by atoms with Crippen LogP contribution in [0.5, 0.6) is 0 Å². The summed E-state index contributed by atoms with van der Waals surface area (Å²) in [4.78, 5) is 29.3. The summed E-state index contributed by atoms with van der Waals surface area (Å²) in [5, 5.41) is 0. The summed E-state index contributed by atoms with van der Waals surface area (Å²) >= 11 is 0. The highest BCUT2D eigenvalue weighted by Gasteiger charge is 2.26. The maximum Gasteiger partial charge on any atom is 0.239 e. The van der Waals surface area contributed by atoms with E-state index in [0.717, 1.165) is 19.5 Å². The van der Waals surface area contributed by atoms with Crippen molar-refractivity contribution in [3.05, 3.63) is 0 Å². The summed E-state index contributed by atoms with van der Waals surface area (Å²) in [6.07, 6.45) is 0.720. The Labute approximate surface area is 121 Å². The number of amides is 2. The van der Waals surface area contributed by atoms with Gasteiger partial charge in [-0.1, -0.05) is 13.8 Å². The van der Waals surface area contributed by atoms with E-state index in [-0.39, 0.29) is 11.8 Å². The molecule has 0 aromatic carbocycles. The van der Waals surface area contributed by atoms with Crippen LogP contribution in [-0.2, 0) is 9.59 Å². The Kier molecular flexibility index (Phi) is 6.42. The van der Waals surface area contributed by atoms with Gasteiger partial charge < -0.3 is 15.5 Å².